The second-order valence-electron chi connectivity index (χ2n) is 3.94. The summed E-state index contributed by atoms with van der Waals surface area (Å²) in [7, 11) is 0. The van der Waals surface area contributed by atoms with Crippen molar-refractivity contribution in [2.24, 2.45) is 0 Å². The Morgan fingerprint density at radius 1 is 1.53 bits per heavy atom. The second kappa shape index (κ2) is 8.17. The van der Waals surface area contributed by atoms with Gasteiger partial charge in [-0.15, -0.1) is 6.58 Å². The number of halogens is 2. The number of hydrogen-bond acceptors (Lipinski definition) is 2. The first-order chi connectivity index (χ1) is 7.91. The van der Waals surface area contributed by atoms with E-state index in [1.807, 2.05) is 0 Å². The van der Waals surface area contributed by atoms with E-state index in [0.29, 0.717) is 12.8 Å². The van der Waals surface area contributed by atoms with E-state index in [1.54, 1.807) is 6.08 Å². The maximum Gasteiger partial charge on any atom is 0.329 e. The largest absolute Gasteiger partial charge is 0.480 e. The molecule has 0 saturated heterocycles. The number of hydrogen-bond donors (Lipinski definition) is 1. The summed E-state index contributed by atoms with van der Waals surface area (Å²) in [6.07, 6.45) is 2.06. The van der Waals surface area contributed by atoms with Gasteiger partial charge in [0.25, 0.3) is 0 Å². The molecule has 0 heterocycles. The molecule has 0 aliphatic rings. The first-order valence-corrected chi connectivity index (χ1v) is 5.73. The Morgan fingerprint density at radius 3 is 2.65 bits per heavy atom. The van der Waals surface area contributed by atoms with Gasteiger partial charge in [0.05, 0.1) is 6.10 Å². The highest BCUT2D eigenvalue weighted by atomic mass is 19.3. The third-order valence-corrected chi connectivity index (χ3v) is 2.48. The molecule has 5 heteroatoms. The van der Waals surface area contributed by atoms with Crippen molar-refractivity contribution in [2.75, 3.05) is 6.61 Å². The van der Waals surface area contributed by atoms with Crippen LogP contribution in [0.25, 0.3) is 0 Å². The SMILES string of the molecule is C=CCCC(CCC(F)(F)CC)OCC(=O)O. The van der Waals surface area contributed by atoms with E-state index < -0.39 is 24.6 Å². The summed E-state index contributed by atoms with van der Waals surface area (Å²) < 4.78 is 31.1. The Kier molecular flexibility index (Phi) is 7.70. The number of aliphatic carboxylic acids is 1. The van der Waals surface area contributed by atoms with Crippen LogP contribution in [0.2, 0.25) is 0 Å². The van der Waals surface area contributed by atoms with Gasteiger partial charge in [0, 0.05) is 12.8 Å². The van der Waals surface area contributed by atoms with E-state index in [9.17, 15) is 13.6 Å². The van der Waals surface area contributed by atoms with E-state index in [1.165, 1.54) is 6.92 Å². The van der Waals surface area contributed by atoms with Crippen molar-refractivity contribution in [1.82, 2.24) is 0 Å². The Hall–Kier alpha value is -0.970. The molecule has 3 nitrogen and oxygen atoms in total. The number of carboxylic acid groups (broad SMARTS) is 1. The lowest BCUT2D eigenvalue weighted by atomic mass is 10.0. The molecule has 0 radical (unpaired) electrons. The van der Waals surface area contributed by atoms with Gasteiger partial charge in [-0.1, -0.05) is 13.0 Å². The normalized spacial score (nSPS) is 13.4. The van der Waals surface area contributed by atoms with Crippen molar-refractivity contribution in [1.29, 1.82) is 0 Å². The van der Waals surface area contributed by atoms with Gasteiger partial charge >= 0.3 is 5.97 Å². The average Bonchev–Trinajstić information content (AvgIpc) is 2.28. The lowest BCUT2D eigenvalue weighted by Gasteiger charge is -2.19. The van der Waals surface area contributed by atoms with Gasteiger partial charge in [-0.05, 0) is 19.3 Å². The van der Waals surface area contributed by atoms with Gasteiger partial charge in [0.2, 0.25) is 5.92 Å². The minimum atomic E-state index is -2.70. The molecule has 100 valence electrons. The summed E-state index contributed by atoms with van der Waals surface area (Å²) in [5.74, 6) is -3.78. The molecule has 0 bridgehead atoms. The fourth-order valence-corrected chi connectivity index (χ4v) is 1.35. The molecule has 0 aromatic carbocycles. The third kappa shape index (κ3) is 8.80. The summed E-state index contributed by atoms with van der Waals surface area (Å²) >= 11 is 0. The summed E-state index contributed by atoms with van der Waals surface area (Å²) in [6.45, 7) is 4.52. The van der Waals surface area contributed by atoms with E-state index in [0.717, 1.165) is 0 Å². The molecule has 0 fully saturated rings. The first kappa shape index (κ1) is 16.0. The van der Waals surface area contributed by atoms with Crippen LogP contribution < -0.4 is 0 Å². The zero-order valence-corrected chi connectivity index (χ0v) is 10.1. The summed E-state index contributed by atoms with van der Waals surface area (Å²) in [6, 6.07) is 0. The smallest absolute Gasteiger partial charge is 0.329 e. The number of carboxylic acids is 1. The second-order valence-corrected chi connectivity index (χ2v) is 3.94. The molecule has 0 aromatic rings. The molecule has 0 rings (SSSR count). The molecular weight excluding hydrogens is 230 g/mol. The third-order valence-electron chi connectivity index (χ3n) is 2.48. The first-order valence-electron chi connectivity index (χ1n) is 5.73. The molecular formula is C12H20F2O3. The van der Waals surface area contributed by atoms with E-state index in [2.05, 4.69) is 6.58 Å². The van der Waals surface area contributed by atoms with Crippen LogP contribution in [-0.2, 0) is 9.53 Å². The van der Waals surface area contributed by atoms with Crippen LogP contribution in [0.1, 0.15) is 39.0 Å². The van der Waals surface area contributed by atoms with Crippen molar-refractivity contribution >= 4 is 5.97 Å². The molecule has 0 saturated carbocycles. The van der Waals surface area contributed by atoms with Crippen molar-refractivity contribution in [3.63, 3.8) is 0 Å². The lowest BCUT2D eigenvalue weighted by Crippen LogP contribution is -2.22. The van der Waals surface area contributed by atoms with Crippen molar-refractivity contribution in [3.05, 3.63) is 12.7 Å². The van der Waals surface area contributed by atoms with Crippen LogP contribution in [0.5, 0.6) is 0 Å². The Morgan fingerprint density at radius 2 is 2.18 bits per heavy atom. The van der Waals surface area contributed by atoms with Crippen molar-refractivity contribution in [2.45, 2.75) is 51.1 Å². The highest BCUT2D eigenvalue weighted by molar-refractivity contribution is 5.68. The van der Waals surface area contributed by atoms with Gasteiger partial charge in [-0.2, -0.15) is 0 Å². The molecule has 1 unspecified atom stereocenters. The van der Waals surface area contributed by atoms with Crippen LogP contribution in [-0.4, -0.2) is 29.7 Å². The Labute approximate surface area is 100 Å². The minimum Gasteiger partial charge on any atom is -0.480 e. The standard InChI is InChI=1S/C12H20F2O3/c1-3-5-6-10(17-9-11(15)16)7-8-12(13,14)4-2/h3,10H,1,4-9H2,2H3,(H,15,16). The highest BCUT2D eigenvalue weighted by Crippen LogP contribution is 2.26. The molecule has 0 aliphatic heterocycles. The van der Waals surface area contributed by atoms with Crippen molar-refractivity contribution in [3.8, 4) is 0 Å². The number of ether oxygens (including phenoxy) is 1. The molecule has 1 atom stereocenters. The Balaban J connectivity index is 4.08. The van der Waals surface area contributed by atoms with Gasteiger partial charge in [0.1, 0.15) is 6.61 Å². The lowest BCUT2D eigenvalue weighted by molar-refractivity contribution is -0.145. The van der Waals surface area contributed by atoms with Gasteiger partial charge < -0.3 is 9.84 Å². The minimum absolute atomic E-state index is 0.169. The molecule has 0 amide bonds. The van der Waals surface area contributed by atoms with E-state index in [-0.39, 0.29) is 19.3 Å². The fraction of sp³-hybridized carbons (Fsp3) is 0.750. The monoisotopic (exact) mass is 250 g/mol. The zero-order chi connectivity index (χ0) is 13.3. The maximum atomic E-state index is 13.0. The topological polar surface area (TPSA) is 46.5 Å². The molecule has 0 aliphatic carbocycles. The quantitative estimate of drug-likeness (QED) is 0.605. The van der Waals surface area contributed by atoms with Gasteiger partial charge in [0.15, 0.2) is 0 Å². The number of allylic oxidation sites excluding steroid dienone is 1. The van der Waals surface area contributed by atoms with Gasteiger partial charge in [-0.25, -0.2) is 13.6 Å². The zero-order valence-electron chi connectivity index (χ0n) is 10.1. The van der Waals surface area contributed by atoms with Crippen LogP contribution in [0.3, 0.4) is 0 Å². The number of carbonyl (C=O) groups is 1. The molecule has 1 N–H and O–H groups in total. The van der Waals surface area contributed by atoms with Gasteiger partial charge in [-0.3, -0.25) is 0 Å². The van der Waals surface area contributed by atoms with Crippen LogP contribution in [0.15, 0.2) is 12.7 Å². The fourth-order valence-electron chi connectivity index (χ4n) is 1.35. The molecule has 17 heavy (non-hydrogen) atoms. The summed E-state index contributed by atoms with van der Waals surface area (Å²) in [5.41, 5.74) is 0. The average molecular weight is 250 g/mol. The van der Waals surface area contributed by atoms with Crippen LogP contribution in [0.4, 0.5) is 8.78 Å². The summed E-state index contributed by atoms with van der Waals surface area (Å²) in [4.78, 5) is 10.3. The van der Waals surface area contributed by atoms with Crippen LogP contribution in [0, 0.1) is 0 Å². The predicted octanol–water partition coefficient (Wildman–Crippen LogP) is 3.25. The van der Waals surface area contributed by atoms with E-state index in [4.69, 9.17) is 9.84 Å². The number of alkyl halides is 2. The van der Waals surface area contributed by atoms with Crippen molar-refractivity contribution < 1.29 is 23.4 Å². The highest BCUT2D eigenvalue weighted by Gasteiger charge is 2.27. The van der Waals surface area contributed by atoms with Crippen LogP contribution >= 0.6 is 0 Å². The predicted molar refractivity (Wildman–Crippen MR) is 61.3 cm³/mol. The molecule has 0 aromatic heterocycles. The summed E-state index contributed by atoms with van der Waals surface area (Å²) in [5, 5.41) is 8.47. The maximum absolute atomic E-state index is 13.0. The molecule has 0 spiro atoms. The number of rotatable bonds is 10. The van der Waals surface area contributed by atoms with E-state index >= 15 is 0 Å². The Bertz CT molecular complexity index is 242.